The Bertz CT molecular complexity index is 116. The monoisotopic (exact) mass is 154 g/mol. The molecule has 1 saturated carbocycles. The maximum Gasteiger partial charge on any atom is 0.0893 e. The van der Waals surface area contributed by atoms with Crippen molar-refractivity contribution in [3.8, 4) is 0 Å². The van der Waals surface area contributed by atoms with E-state index in [2.05, 4.69) is 20.1 Å². The van der Waals surface area contributed by atoms with Crippen molar-refractivity contribution in [2.45, 2.75) is 31.3 Å². The van der Waals surface area contributed by atoms with Gasteiger partial charge in [-0.2, -0.15) is 11.8 Å². The fraction of sp³-hybridized carbons (Fsp3) is 1.00. The Hall–Kier alpha value is 0.415. The average molecular weight is 154 g/mol. The summed E-state index contributed by atoms with van der Waals surface area (Å²) in [6, 6.07) is 0. The Labute approximate surface area is 69.6 Å². The smallest absolute Gasteiger partial charge is 0.0893 e. The van der Waals surface area contributed by atoms with Crippen LogP contribution in [0.1, 0.15) is 26.7 Å². The largest absolute Gasteiger partial charge is 0.168 e. The molecule has 10 heavy (non-hydrogen) atoms. The molecule has 0 nitrogen and oxygen atoms in total. The topological polar surface area (TPSA) is 0 Å². The van der Waals surface area contributed by atoms with Gasteiger partial charge in [-0.1, -0.05) is 13.8 Å². The van der Waals surface area contributed by atoms with Crippen LogP contribution in [-0.2, 0) is 0 Å². The predicted octanol–water partition coefficient (Wildman–Crippen LogP) is 2.28. The summed E-state index contributed by atoms with van der Waals surface area (Å²) in [6.45, 7) is 4.56. The van der Waals surface area contributed by atoms with Crippen LogP contribution in [0, 0.1) is 11.8 Å². The zero-order valence-corrected chi connectivity index (χ0v) is 7.87. The molecule has 0 spiro atoms. The molecule has 1 rings (SSSR count). The van der Waals surface area contributed by atoms with E-state index in [0.717, 1.165) is 11.8 Å². The summed E-state index contributed by atoms with van der Waals surface area (Å²) >= 11 is 1.81. The van der Waals surface area contributed by atoms with E-state index in [1.54, 1.807) is 0 Å². The van der Waals surface area contributed by atoms with Gasteiger partial charge in [0.1, 0.15) is 0 Å². The van der Waals surface area contributed by atoms with Gasteiger partial charge in [-0.25, -0.2) is 0 Å². The van der Waals surface area contributed by atoms with Crippen LogP contribution >= 0.6 is 11.8 Å². The third-order valence-electron chi connectivity index (χ3n) is 2.56. The van der Waals surface area contributed by atoms with Crippen molar-refractivity contribution in [3.05, 3.63) is 0 Å². The summed E-state index contributed by atoms with van der Waals surface area (Å²) in [5, 5.41) is 0. The fourth-order valence-corrected chi connectivity index (χ4v) is 2.23. The summed E-state index contributed by atoms with van der Waals surface area (Å²) in [5.74, 6) is 1.71. The second kappa shape index (κ2) is 2.81. The standard InChI is InChI=1S/C8H15BS/c1-6(2)7-4-8(9,5-7)10-3/h6-7H,4-5H2,1-3H3. The molecule has 0 amide bonds. The van der Waals surface area contributed by atoms with Crippen molar-refractivity contribution in [2.24, 2.45) is 11.8 Å². The predicted molar refractivity (Wildman–Crippen MR) is 49.6 cm³/mol. The van der Waals surface area contributed by atoms with E-state index in [1.165, 1.54) is 12.8 Å². The SMILES string of the molecule is [B]C1(SC)CC(C(C)C)C1. The quantitative estimate of drug-likeness (QED) is 0.550. The fourth-order valence-electron chi connectivity index (χ4n) is 1.47. The Kier molecular flexibility index (Phi) is 2.39. The van der Waals surface area contributed by atoms with Crippen LogP contribution in [0.5, 0.6) is 0 Å². The van der Waals surface area contributed by atoms with Crippen molar-refractivity contribution < 1.29 is 0 Å². The molecule has 0 unspecified atom stereocenters. The second-order valence-electron chi connectivity index (χ2n) is 3.68. The molecule has 56 valence electrons. The lowest BCUT2D eigenvalue weighted by Crippen LogP contribution is -2.43. The normalized spacial score (nSPS) is 39.8. The summed E-state index contributed by atoms with van der Waals surface area (Å²) in [7, 11) is 5.99. The minimum atomic E-state index is 0.134. The highest BCUT2D eigenvalue weighted by Gasteiger charge is 2.39. The van der Waals surface area contributed by atoms with Crippen LogP contribution in [-0.4, -0.2) is 18.7 Å². The van der Waals surface area contributed by atoms with Crippen LogP contribution in [0.15, 0.2) is 0 Å². The molecule has 1 aliphatic rings. The Morgan fingerprint density at radius 3 is 2.30 bits per heavy atom. The summed E-state index contributed by atoms with van der Waals surface area (Å²) < 4.78 is 0.134. The van der Waals surface area contributed by atoms with Gasteiger partial charge in [0.15, 0.2) is 0 Å². The number of rotatable bonds is 2. The molecular weight excluding hydrogens is 139 g/mol. The minimum absolute atomic E-state index is 0.134. The van der Waals surface area contributed by atoms with Crippen LogP contribution in [0.4, 0.5) is 0 Å². The molecular formula is C8H15BS. The maximum absolute atomic E-state index is 5.99. The van der Waals surface area contributed by atoms with E-state index in [4.69, 9.17) is 7.85 Å². The lowest BCUT2D eigenvalue weighted by molar-refractivity contribution is 0.222. The van der Waals surface area contributed by atoms with Gasteiger partial charge in [0.25, 0.3) is 0 Å². The van der Waals surface area contributed by atoms with Crippen molar-refractivity contribution >= 4 is 19.6 Å². The first kappa shape index (κ1) is 8.51. The lowest BCUT2D eigenvalue weighted by Gasteiger charge is -2.47. The highest BCUT2D eigenvalue weighted by Crippen LogP contribution is 2.47. The van der Waals surface area contributed by atoms with E-state index in [-0.39, 0.29) is 4.65 Å². The van der Waals surface area contributed by atoms with Gasteiger partial charge in [0, 0.05) is 0 Å². The van der Waals surface area contributed by atoms with Crippen LogP contribution in [0.25, 0.3) is 0 Å². The zero-order valence-electron chi connectivity index (χ0n) is 7.05. The Morgan fingerprint density at radius 2 is 2.00 bits per heavy atom. The van der Waals surface area contributed by atoms with E-state index in [1.807, 2.05) is 11.8 Å². The van der Waals surface area contributed by atoms with Crippen molar-refractivity contribution in [1.82, 2.24) is 0 Å². The van der Waals surface area contributed by atoms with Gasteiger partial charge < -0.3 is 0 Å². The van der Waals surface area contributed by atoms with E-state index in [9.17, 15) is 0 Å². The second-order valence-corrected chi connectivity index (χ2v) is 4.90. The van der Waals surface area contributed by atoms with Gasteiger partial charge in [-0.15, -0.1) is 0 Å². The molecule has 1 fully saturated rings. The van der Waals surface area contributed by atoms with Crippen molar-refractivity contribution in [3.63, 3.8) is 0 Å². The van der Waals surface area contributed by atoms with Gasteiger partial charge in [-0.05, 0) is 35.6 Å². The molecule has 0 aromatic rings. The van der Waals surface area contributed by atoms with Gasteiger partial charge in [0.05, 0.1) is 7.85 Å². The first-order valence-electron chi connectivity index (χ1n) is 3.91. The number of hydrogen-bond acceptors (Lipinski definition) is 1. The molecule has 0 aromatic heterocycles. The Morgan fingerprint density at radius 1 is 1.50 bits per heavy atom. The molecule has 0 saturated heterocycles. The first-order chi connectivity index (χ1) is 4.57. The number of thioether (sulfide) groups is 1. The van der Waals surface area contributed by atoms with Gasteiger partial charge >= 0.3 is 0 Å². The third kappa shape index (κ3) is 1.53. The molecule has 0 N–H and O–H groups in total. The Balaban J connectivity index is 2.29. The maximum atomic E-state index is 5.99. The third-order valence-corrected chi connectivity index (χ3v) is 3.71. The highest BCUT2D eigenvalue weighted by molar-refractivity contribution is 8.01. The van der Waals surface area contributed by atoms with Gasteiger partial charge in [0.2, 0.25) is 0 Å². The van der Waals surface area contributed by atoms with Gasteiger partial charge in [-0.3, -0.25) is 0 Å². The summed E-state index contributed by atoms with van der Waals surface area (Å²) in [4.78, 5) is 0. The molecule has 0 aromatic carbocycles. The molecule has 2 heteroatoms. The first-order valence-corrected chi connectivity index (χ1v) is 5.14. The molecule has 0 aliphatic heterocycles. The summed E-state index contributed by atoms with van der Waals surface area (Å²) in [5.41, 5.74) is 0. The minimum Gasteiger partial charge on any atom is -0.168 e. The van der Waals surface area contributed by atoms with E-state index < -0.39 is 0 Å². The highest BCUT2D eigenvalue weighted by atomic mass is 32.2. The lowest BCUT2D eigenvalue weighted by atomic mass is 9.60. The molecule has 2 radical (unpaired) electrons. The zero-order chi connectivity index (χ0) is 7.78. The van der Waals surface area contributed by atoms with E-state index in [0.29, 0.717) is 0 Å². The molecule has 0 atom stereocenters. The van der Waals surface area contributed by atoms with Crippen molar-refractivity contribution in [2.75, 3.05) is 6.26 Å². The molecule has 1 aliphatic carbocycles. The van der Waals surface area contributed by atoms with E-state index >= 15 is 0 Å². The van der Waals surface area contributed by atoms with Crippen molar-refractivity contribution in [1.29, 1.82) is 0 Å². The molecule has 0 bridgehead atoms. The average Bonchev–Trinajstić information content (AvgIpc) is 1.80. The molecule has 0 heterocycles. The summed E-state index contributed by atoms with van der Waals surface area (Å²) in [6.07, 6.45) is 4.54. The van der Waals surface area contributed by atoms with Crippen LogP contribution < -0.4 is 0 Å². The van der Waals surface area contributed by atoms with Crippen LogP contribution in [0.3, 0.4) is 0 Å². The number of hydrogen-bond donors (Lipinski definition) is 0. The van der Waals surface area contributed by atoms with Crippen LogP contribution in [0.2, 0.25) is 0 Å².